The fourth-order valence-electron chi connectivity index (χ4n) is 8.76. The van der Waals surface area contributed by atoms with E-state index in [1.54, 1.807) is 6.07 Å². The maximum atomic E-state index is 12.5. The summed E-state index contributed by atoms with van der Waals surface area (Å²) in [4.78, 5) is 49.2. The number of phenols is 6. The Hall–Kier alpha value is -8.67. The molecule has 2 saturated heterocycles. The predicted molar refractivity (Wildman–Crippen MR) is 285 cm³/mol. The smallest absolute Gasteiger partial charge is 0.342 e. The SMILES string of the molecule is C#CCc1cc(CC)cc(COC(=O)c2ccc(O)c(O)c2O)c1.CC(=O)OCC1OC(N=[N+]=[N-])C(OC(C)=O)C(C)C1C.CCc1cc(COC(=O)c2ccc(O)c(O)c2O)cc(Cc2cnnn2C2OC(CO)C(O)C(O)C2O)c1. The number of carbonyl (C=O) groups excluding carboxylic acids is 4. The monoisotopic (exact) mass is 1140 g/mol. The van der Waals surface area contributed by atoms with Gasteiger partial charge in [0.05, 0.1) is 24.6 Å². The van der Waals surface area contributed by atoms with E-state index in [4.69, 9.17) is 40.4 Å². The highest BCUT2D eigenvalue weighted by Crippen LogP contribution is 2.39. The van der Waals surface area contributed by atoms with Crippen molar-refractivity contribution < 1.29 is 98.7 Å². The summed E-state index contributed by atoms with van der Waals surface area (Å²) in [5, 5.41) is 109. The van der Waals surface area contributed by atoms with Gasteiger partial charge in [-0.15, -0.1) is 17.4 Å². The van der Waals surface area contributed by atoms with Crippen molar-refractivity contribution in [2.45, 2.75) is 130 Å². The normalized spacial score (nSPS) is 21.8. The number of aliphatic hydroxyl groups excluding tert-OH is 4. The summed E-state index contributed by atoms with van der Waals surface area (Å²) >= 11 is 0. The first kappa shape index (κ1) is 64.2. The average molecular weight is 1140 g/mol. The van der Waals surface area contributed by atoms with Gasteiger partial charge in [-0.1, -0.05) is 74.4 Å². The fraction of sp³-hybridized carbons (Fsp3) is 0.429. The number of nitrogens with zero attached hydrogens (tertiary/aromatic N) is 6. The highest BCUT2D eigenvalue weighted by molar-refractivity contribution is 5.94. The first-order valence-corrected chi connectivity index (χ1v) is 25.7. The van der Waals surface area contributed by atoms with Crippen molar-refractivity contribution in [3.8, 4) is 46.8 Å². The van der Waals surface area contributed by atoms with Crippen molar-refractivity contribution >= 4 is 23.9 Å². The molecule has 7 rings (SSSR count). The zero-order valence-electron chi connectivity index (χ0n) is 45.6. The number of aryl methyl sites for hydroxylation is 2. The summed E-state index contributed by atoms with van der Waals surface area (Å²) in [6.07, 6.45) is 0.173. The number of terminal acetylenes is 1. The number of rotatable bonds is 17. The summed E-state index contributed by atoms with van der Waals surface area (Å²) in [7, 11) is 0. The van der Waals surface area contributed by atoms with E-state index in [2.05, 4.69) is 26.3 Å². The second-order valence-corrected chi connectivity index (χ2v) is 19.1. The third-order valence-electron chi connectivity index (χ3n) is 13.4. The Morgan fingerprint density at radius 3 is 1.72 bits per heavy atom. The van der Waals surface area contributed by atoms with E-state index >= 15 is 0 Å². The summed E-state index contributed by atoms with van der Waals surface area (Å²) in [6.45, 7) is 9.70. The molecule has 0 aliphatic carbocycles. The standard InChI is InChI=1S/C25H29N3O10.C19H18O5.C12H19N3O5/c1-2-12-5-13(7-14(6-12)11-37-25(36)16-3-4-17(30)20(32)19(16)31)8-15-9-26-27-28(15)24-23(35)22(34)21(33)18(10-29)38-24;1-3-5-13-8-12(4-2)9-14(10-13)11-24-19(23)15-6-7-16(20)18(22)17(15)21;1-6-7(2)11(19-9(4)17)12(14-15-13)20-10(6)5-18-8(3)16/h3-7,9,18,21-24,29-35H,2,8,10-11H2,1H3;1,6-10,20-22H,4-5,11H2,2H3;6-7,10-12H,5H2,1-4H3. The number of esters is 4. The van der Waals surface area contributed by atoms with E-state index in [9.17, 15) is 70.2 Å². The van der Waals surface area contributed by atoms with Crippen molar-refractivity contribution in [2.75, 3.05) is 13.2 Å². The van der Waals surface area contributed by atoms with Crippen LogP contribution in [-0.4, -0.2) is 146 Å². The predicted octanol–water partition coefficient (Wildman–Crippen LogP) is 4.56. The van der Waals surface area contributed by atoms with Gasteiger partial charge in [0, 0.05) is 37.5 Å². The van der Waals surface area contributed by atoms with Crippen LogP contribution in [0, 0.1) is 24.2 Å². The van der Waals surface area contributed by atoms with E-state index in [-0.39, 0.29) is 49.2 Å². The van der Waals surface area contributed by atoms with Crippen LogP contribution in [-0.2, 0) is 76.9 Å². The molecule has 5 aromatic rings. The van der Waals surface area contributed by atoms with Crippen LogP contribution in [0.4, 0.5) is 0 Å². The number of benzene rings is 4. The van der Waals surface area contributed by atoms with Gasteiger partial charge >= 0.3 is 23.9 Å². The number of hydrogen-bond donors (Lipinski definition) is 10. The molecule has 2 fully saturated rings. The quantitative estimate of drug-likeness (QED) is 0.0116. The number of aliphatic hydroxyl groups is 4. The maximum absolute atomic E-state index is 12.5. The zero-order valence-corrected chi connectivity index (χ0v) is 45.6. The topological polar surface area (TPSA) is 405 Å². The van der Waals surface area contributed by atoms with E-state index in [1.807, 2.05) is 58.0 Å². The minimum absolute atomic E-state index is 0.00528. The molecule has 3 heterocycles. The Balaban J connectivity index is 0.000000242. The Bertz CT molecular complexity index is 3130. The molecule has 0 saturated carbocycles. The lowest BCUT2D eigenvalue weighted by molar-refractivity contribution is -0.254. The van der Waals surface area contributed by atoms with Crippen LogP contribution in [0.1, 0.15) is 108 Å². The average Bonchev–Trinajstić information content (AvgIpc) is 4.09. The summed E-state index contributed by atoms with van der Waals surface area (Å²) < 4.78 is 33.1. The van der Waals surface area contributed by atoms with Gasteiger partial charge < -0.3 is 79.5 Å². The fourth-order valence-corrected chi connectivity index (χ4v) is 8.76. The number of carbonyl (C=O) groups is 4. The highest BCUT2D eigenvalue weighted by atomic mass is 16.6. The van der Waals surface area contributed by atoms with E-state index in [1.165, 1.54) is 30.8 Å². The third-order valence-corrected chi connectivity index (χ3v) is 13.4. The summed E-state index contributed by atoms with van der Waals surface area (Å²) in [5.74, 6) is -4.27. The zero-order chi connectivity index (χ0) is 60.5. The first-order valence-electron chi connectivity index (χ1n) is 25.7. The minimum atomic E-state index is -1.57. The number of hydrogen-bond acceptors (Lipinski definition) is 23. The molecule has 0 radical (unpaired) electrons. The summed E-state index contributed by atoms with van der Waals surface area (Å²) in [6, 6.07) is 15.8. The molecule has 440 valence electrons. The van der Waals surface area contributed by atoms with E-state index in [0.717, 1.165) is 52.4 Å². The highest BCUT2D eigenvalue weighted by Gasteiger charge is 2.46. The molecule has 1 aromatic heterocycles. The van der Waals surface area contributed by atoms with E-state index < -0.39 is 114 Å². The summed E-state index contributed by atoms with van der Waals surface area (Å²) in [5.41, 5.74) is 13.8. The largest absolute Gasteiger partial charge is 0.504 e. The molecule has 26 heteroatoms. The Labute approximate surface area is 470 Å². The number of azide groups is 1. The van der Waals surface area contributed by atoms with Crippen LogP contribution in [0.2, 0.25) is 0 Å². The molecule has 10 atom stereocenters. The Kier molecular flexibility index (Phi) is 23.2. The van der Waals surface area contributed by atoms with Crippen molar-refractivity contribution in [1.82, 2.24) is 15.0 Å². The Morgan fingerprint density at radius 1 is 0.695 bits per heavy atom. The van der Waals surface area contributed by atoms with Crippen molar-refractivity contribution in [2.24, 2.45) is 17.0 Å². The number of aromatic hydroxyl groups is 6. The lowest BCUT2D eigenvalue weighted by atomic mass is 9.83. The molecule has 2 aliphatic heterocycles. The first-order chi connectivity index (χ1) is 39.0. The van der Waals surface area contributed by atoms with Gasteiger partial charge in [-0.05, 0) is 81.9 Å². The van der Waals surface area contributed by atoms with Gasteiger partial charge in [0.1, 0.15) is 61.5 Å². The van der Waals surface area contributed by atoms with Crippen molar-refractivity contribution in [3.05, 3.63) is 128 Å². The van der Waals surface area contributed by atoms with Crippen LogP contribution in [0.15, 0.2) is 72.0 Å². The number of phenolic OH excluding ortho intramolecular Hbond substituents is 6. The molecule has 10 unspecified atom stereocenters. The van der Waals surface area contributed by atoms with Gasteiger partial charge in [-0.2, -0.15) is 0 Å². The molecule has 0 amide bonds. The lowest BCUT2D eigenvalue weighted by Crippen LogP contribution is -2.56. The van der Waals surface area contributed by atoms with Crippen molar-refractivity contribution in [3.63, 3.8) is 0 Å². The molecule has 82 heavy (non-hydrogen) atoms. The lowest BCUT2D eigenvalue weighted by Gasteiger charge is -2.42. The second-order valence-electron chi connectivity index (χ2n) is 19.1. The van der Waals surface area contributed by atoms with Crippen LogP contribution in [0.25, 0.3) is 10.4 Å². The van der Waals surface area contributed by atoms with Crippen molar-refractivity contribution in [1.29, 1.82) is 0 Å². The van der Waals surface area contributed by atoms with Crippen LogP contribution in [0.3, 0.4) is 0 Å². The molecule has 10 N–H and O–H groups in total. The van der Waals surface area contributed by atoms with Gasteiger partial charge in [-0.3, -0.25) is 9.59 Å². The molecule has 26 nitrogen and oxygen atoms in total. The van der Waals surface area contributed by atoms with Gasteiger partial charge in [0.15, 0.2) is 35.5 Å². The van der Waals surface area contributed by atoms with E-state index in [0.29, 0.717) is 24.1 Å². The van der Waals surface area contributed by atoms with Crippen LogP contribution < -0.4 is 0 Å². The van der Waals surface area contributed by atoms with Crippen LogP contribution >= 0.6 is 0 Å². The molecular formula is C56H66N6O20. The minimum Gasteiger partial charge on any atom is -0.504 e. The molecular weight excluding hydrogens is 1080 g/mol. The molecule has 2 aliphatic rings. The van der Waals surface area contributed by atoms with Gasteiger partial charge in [0.2, 0.25) is 11.5 Å². The van der Waals surface area contributed by atoms with Crippen LogP contribution in [0.5, 0.6) is 34.5 Å². The maximum Gasteiger partial charge on any atom is 0.342 e. The molecule has 0 spiro atoms. The van der Waals surface area contributed by atoms with Gasteiger partial charge in [-0.25, -0.2) is 14.3 Å². The third kappa shape index (κ3) is 16.5. The molecule has 4 aromatic carbocycles. The Morgan fingerprint density at radius 2 is 1.22 bits per heavy atom. The molecule has 0 bridgehead atoms. The number of aromatic nitrogens is 3. The van der Waals surface area contributed by atoms with Gasteiger partial charge in [0.25, 0.3) is 0 Å². The second kappa shape index (κ2) is 29.7. The number of ether oxygens (including phenoxy) is 6.